The number of fused-ring (bicyclic) bond motifs is 1. The first-order valence-electron chi connectivity index (χ1n) is 6.87. The van der Waals surface area contributed by atoms with Gasteiger partial charge in [0.1, 0.15) is 0 Å². The number of anilines is 1. The van der Waals surface area contributed by atoms with Crippen LogP contribution in [-0.2, 0) is 11.3 Å². The van der Waals surface area contributed by atoms with Crippen molar-refractivity contribution in [1.29, 1.82) is 0 Å². The zero-order chi connectivity index (χ0) is 16.4. The molecule has 1 heterocycles. The van der Waals surface area contributed by atoms with Crippen molar-refractivity contribution in [2.24, 2.45) is 0 Å². The van der Waals surface area contributed by atoms with E-state index in [-0.39, 0.29) is 18.9 Å². The standard InChI is InChI=1S/C16H12Cl2N2O3/c17-10-1-4-12(5-2-10)19-15(21)7-8-20-13-6-3-11(18)9-14(13)23-16(20)22/h1-6,9H,7-8H2,(H,19,21). The maximum Gasteiger partial charge on any atom is 0.419 e. The SMILES string of the molecule is O=C(CCn1c(=O)oc2cc(Cl)ccc21)Nc1ccc(Cl)cc1. The summed E-state index contributed by atoms with van der Waals surface area (Å²) in [4.78, 5) is 23.8. The van der Waals surface area contributed by atoms with E-state index in [1.807, 2.05) is 0 Å². The summed E-state index contributed by atoms with van der Waals surface area (Å²) in [5, 5.41) is 3.82. The van der Waals surface area contributed by atoms with Crippen molar-refractivity contribution in [1.82, 2.24) is 4.57 Å². The highest BCUT2D eigenvalue weighted by atomic mass is 35.5. The number of benzene rings is 2. The van der Waals surface area contributed by atoms with E-state index in [9.17, 15) is 9.59 Å². The van der Waals surface area contributed by atoms with E-state index in [4.69, 9.17) is 27.6 Å². The maximum atomic E-state index is 12.0. The number of carbonyl (C=O) groups excluding carboxylic acids is 1. The third-order valence-electron chi connectivity index (χ3n) is 3.32. The molecule has 0 radical (unpaired) electrons. The molecule has 1 N–H and O–H groups in total. The van der Waals surface area contributed by atoms with Crippen LogP contribution >= 0.6 is 23.2 Å². The van der Waals surface area contributed by atoms with Crippen LogP contribution in [0.25, 0.3) is 11.1 Å². The van der Waals surface area contributed by atoms with Crippen LogP contribution in [0.5, 0.6) is 0 Å². The molecule has 1 amide bonds. The molecule has 3 aromatic rings. The van der Waals surface area contributed by atoms with E-state index in [1.54, 1.807) is 42.5 Å². The number of halogens is 2. The van der Waals surface area contributed by atoms with Crippen LogP contribution in [0.4, 0.5) is 5.69 Å². The normalized spacial score (nSPS) is 10.9. The predicted octanol–water partition coefficient (Wildman–Crippen LogP) is 3.93. The Morgan fingerprint density at radius 3 is 2.52 bits per heavy atom. The average Bonchev–Trinajstić information content (AvgIpc) is 2.82. The van der Waals surface area contributed by atoms with Gasteiger partial charge >= 0.3 is 5.76 Å². The van der Waals surface area contributed by atoms with Crippen molar-refractivity contribution in [3.05, 3.63) is 63.1 Å². The molecule has 1 aromatic heterocycles. The number of hydrogen-bond acceptors (Lipinski definition) is 3. The molecule has 0 saturated carbocycles. The van der Waals surface area contributed by atoms with Gasteiger partial charge in [-0.1, -0.05) is 23.2 Å². The van der Waals surface area contributed by atoms with Gasteiger partial charge in [0.2, 0.25) is 5.91 Å². The van der Waals surface area contributed by atoms with Crippen LogP contribution in [0.15, 0.2) is 51.7 Å². The highest BCUT2D eigenvalue weighted by molar-refractivity contribution is 6.31. The fourth-order valence-electron chi connectivity index (χ4n) is 2.22. The van der Waals surface area contributed by atoms with E-state index >= 15 is 0 Å². The highest BCUT2D eigenvalue weighted by Gasteiger charge is 2.11. The van der Waals surface area contributed by atoms with Gasteiger partial charge in [0, 0.05) is 34.8 Å². The van der Waals surface area contributed by atoms with E-state index < -0.39 is 5.76 Å². The van der Waals surface area contributed by atoms with Gasteiger partial charge in [0.15, 0.2) is 5.58 Å². The average molecular weight is 351 g/mol. The third-order valence-corrected chi connectivity index (χ3v) is 3.81. The lowest BCUT2D eigenvalue weighted by Gasteiger charge is -2.06. The number of carbonyl (C=O) groups is 1. The van der Waals surface area contributed by atoms with Gasteiger partial charge in [0.05, 0.1) is 5.52 Å². The number of amides is 1. The van der Waals surface area contributed by atoms with Crippen LogP contribution in [0.1, 0.15) is 6.42 Å². The fraction of sp³-hybridized carbons (Fsp3) is 0.125. The van der Waals surface area contributed by atoms with Crippen LogP contribution < -0.4 is 11.1 Å². The molecule has 2 aromatic carbocycles. The Balaban J connectivity index is 1.70. The van der Waals surface area contributed by atoms with Gasteiger partial charge in [0.25, 0.3) is 0 Å². The summed E-state index contributed by atoms with van der Waals surface area (Å²) in [6.45, 7) is 0.215. The molecule has 0 bridgehead atoms. The van der Waals surface area contributed by atoms with Crippen LogP contribution in [0.3, 0.4) is 0 Å². The predicted molar refractivity (Wildman–Crippen MR) is 90.2 cm³/mol. The third kappa shape index (κ3) is 3.57. The maximum absolute atomic E-state index is 12.0. The van der Waals surface area contributed by atoms with E-state index in [0.29, 0.717) is 26.8 Å². The number of nitrogens with one attached hydrogen (secondary N) is 1. The molecule has 0 spiro atoms. The summed E-state index contributed by atoms with van der Waals surface area (Å²) in [5.41, 5.74) is 1.66. The van der Waals surface area contributed by atoms with Crippen molar-refractivity contribution in [3.8, 4) is 0 Å². The van der Waals surface area contributed by atoms with Crippen molar-refractivity contribution in [2.45, 2.75) is 13.0 Å². The lowest BCUT2D eigenvalue weighted by molar-refractivity contribution is -0.116. The van der Waals surface area contributed by atoms with Gasteiger partial charge in [-0.05, 0) is 36.4 Å². The van der Waals surface area contributed by atoms with Crippen molar-refractivity contribution in [3.63, 3.8) is 0 Å². The Kier molecular flexibility index (Phi) is 4.41. The molecule has 0 fully saturated rings. The Labute approximate surface area is 141 Å². The summed E-state index contributed by atoms with van der Waals surface area (Å²) >= 11 is 11.7. The second kappa shape index (κ2) is 6.48. The largest absolute Gasteiger partial charge is 0.419 e. The molecule has 0 aliphatic heterocycles. The summed E-state index contributed by atoms with van der Waals surface area (Å²) in [6.07, 6.45) is 0.139. The second-order valence-electron chi connectivity index (χ2n) is 4.94. The minimum absolute atomic E-state index is 0.139. The summed E-state index contributed by atoms with van der Waals surface area (Å²) in [7, 11) is 0. The van der Waals surface area contributed by atoms with Gasteiger partial charge < -0.3 is 9.73 Å². The van der Waals surface area contributed by atoms with Gasteiger partial charge in [-0.25, -0.2) is 4.79 Å². The molecule has 3 rings (SSSR count). The number of aryl methyl sites for hydroxylation is 1. The molecule has 0 aliphatic rings. The number of aromatic nitrogens is 1. The minimum atomic E-state index is -0.512. The Hall–Kier alpha value is -2.24. The van der Waals surface area contributed by atoms with Gasteiger partial charge in [-0.3, -0.25) is 9.36 Å². The van der Waals surface area contributed by atoms with Gasteiger partial charge in [-0.15, -0.1) is 0 Å². The molecule has 0 unspecified atom stereocenters. The van der Waals surface area contributed by atoms with E-state index in [2.05, 4.69) is 5.32 Å². The topological polar surface area (TPSA) is 64.2 Å². The summed E-state index contributed by atoms with van der Waals surface area (Å²) < 4.78 is 6.53. The number of hydrogen-bond donors (Lipinski definition) is 1. The van der Waals surface area contributed by atoms with Crippen molar-refractivity contribution in [2.75, 3.05) is 5.32 Å². The molecule has 7 heteroatoms. The second-order valence-corrected chi connectivity index (χ2v) is 5.81. The molecule has 23 heavy (non-hydrogen) atoms. The molecule has 0 saturated heterocycles. The lowest BCUT2D eigenvalue weighted by Crippen LogP contribution is -2.19. The molecular weight excluding hydrogens is 339 g/mol. The first-order valence-corrected chi connectivity index (χ1v) is 7.63. The quantitative estimate of drug-likeness (QED) is 0.775. The number of nitrogens with zero attached hydrogens (tertiary/aromatic N) is 1. The number of rotatable bonds is 4. The minimum Gasteiger partial charge on any atom is -0.408 e. The van der Waals surface area contributed by atoms with Gasteiger partial charge in [-0.2, -0.15) is 0 Å². The molecule has 0 aliphatic carbocycles. The fourth-order valence-corrected chi connectivity index (χ4v) is 2.51. The summed E-state index contributed by atoms with van der Waals surface area (Å²) in [6, 6.07) is 11.7. The molecule has 0 atom stereocenters. The van der Waals surface area contributed by atoms with Crippen LogP contribution in [-0.4, -0.2) is 10.5 Å². The first kappa shape index (κ1) is 15.6. The monoisotopic (exact) mass is 350 g/mol. The lowest BCUT2D eigenvalue weighted by atomic mass is 10.3. The van der Waals surface area contributed by atoms with Crippen LogP contribution in [0.2, 0.25) is 10.0 Å². The Morgan fingerprint density at radius 1 is 1.09 bits per heavy atom. The molecular formula is C16H12Cl2N2O3. The zero-order valence-corrected chi connectivity index (χ0v) is 13.4. The van der Waals surface area contributed by atoms with E-state index in [0.717, 1.165) is 0 Å². The Bertz CT molecular complexity index is 913. The smallest absolute Gasteiger partial charge is 0.408 e. The summed E-state index contributed by atoms with van der Waals surface area (Å²) in [5.74, 6) is -0.718. The first-order chi connectivity index (χ1) is 11.0. The van der Waals surface area contributed by atoms with E-state index in [1.165, 1.54) is 4.57 Å². The highest BCUT2D eigenvalue weighted by Crippen LogP contribution is 2.19. The Morgan fingerprint density at radius 2 is 1.78 bits per heavy atom. The van der Waals surface area contributed by atoms with Crippen molar-refractivity contribution >= 4 is 45.9 Å². The van der Waals surface area contributed by atoms with Crippen LogP contribution in [0, 0.1) is 0 Å². The zero-order valence-electron chi connectivity index (χ0n) is 11.9. The number of oxazole rings is 1. The molecule has 118 valence electrons. The molecule has 5 nitrogen and oxygen atoms in total. The van der Waals surface area contributed by atoms with Crippen molar-refractivity contribution < 1.29 is 9.21 Å².